The van der Waals surface area contributed by atoms with Gasteiger partial charge in [-0.3, -0.25) is 9.59 Å². The average Bonchev–Trinajstić information content (AvgIpc) is 2.27. The van der Waals surface area contributed by atoms with Gasteiger partial charge < -0.3 is 9.84 Å². The maximum absolute atomic E-state index is 12.0. The number of rotatable bonds is 4. The zero-order valence-electron chi connectivity index (χ0n) is 8.82. The molecule has 0 atom stereocenters. The number of alkyl halides is 3. The zero-order valence-corrected chi connectivity index (χ0v) is 10.4. The molecule has 0 unspecified atom stereocenters. The highest BCUT2D eigenvalue weighted by atomic mass is 79.9. The zero-order chi connectivity index (χ0) is 14.8. The third-order valence-electron chi connectivity index (χ3n) is 1.82. The number of Topliss-reactive ketones (excluding diaryl/α,β-unsaturated/α-hetero) is 2. The van der Waals surface area contributed by atoms with Crippen molar-refractivity contribution < 1.29 is 37.4 Å². The summed E-state index contributed by atoms with van der Waals surface area (Å²) < 4.78 is 39.5. The standard InChI is InChI=1S/C10H4BrF3O5/c11-6-2-1-4(19-10(12,13)14)3-5(6)7(15)8(16)9(17)18/h1-3H,(H,17,18). The minimum atomic E-state index is -4.97. The third kappa shape index (κ3) is 4.05. The van der Waals surface area contributed by atoms with Crippen LogP contribution in [-0.2, 0) is 9.59 Å². The van der Waals surface area contributed by atoms with Gasteiger partial charge in [-0.05, 0) is 18.2 Å². The number of carboxylic acids is 1. The molecule has 9 heteroatoms. The van der Waals surface area contributed by atoms with Crippen LogP contribution >= 0.6 is 15.9 Å². The molecule has 19 heavy (non-hydrogen) atoms. The lowest BCUT2D eigenvalue weighted by Crippen LogP contribution is -2.24. The van der Waals surface area contributed by atoms with E-state index in [9.17, 15) is 27.6 Å². The Bertz CT molecular complexity index is 553. The topological polar surface area (TPSA) is 80.7 Å². The summed E-state index contributed by atoms with van der Waals surface area (Å²) in [7, 11) is 0. The first-order chi connectivity index (χ1) is 8.61. The molecule has 0 aliphatic rings. The van der Waals surface area contributed by atoms with Crippen LogP contribution in [0, 0.1) is 0 Å². The van der Waals surface area contributed by atoms with Crippen LogP contribution in [0.5, 0.6) is 5.75 Å². The maximum Gasteiger partial charge on any atom is 0.573 e. The molecule has 1 N–H and O–H groups in total. The molecule has 0 radical (unpaired) electrons. The van der Waals surface area contributed by atoms with E-state index in [4.69, 9.17) is 5.11 Å². The van der Waals surface area contributed by atoms with Gasteiger partial charge in [0.1, 0.15) is 5.75 Å². The van der Waals surface area contributed by atoms with E-state index in [2.05, 4.69) is 20.7 Å². The highest BCUT2D eigenvalue weighted by molar-refractivity contribution is 9.10. The number of carboxylic acid groups (broad SMARTS) is 1. The summed E-state index contributed by atoms with van der Waals surface area (Å²) in [6, 6.07) is 2.56. The van der Waals surface area contributed by atoms with E-state index >= 15 is 0 Å². The lowest BCUT2D eigenvalue weighted by Gasteiger charge is -2.10. The Morgan fingerprint density at radius 1 is 1.21 bits per heavy atom. The van der Waals surface area contributed by atoms with Gasteiger partial charge in [0.05, 0.1) is 0 Å². The molecule has 0 saturated carbocycles. The van der Waals surface area contributed by atoms with Crippen molar-refractivity contribution in [2.75, 3.05) is 0 Å². The molecule has 1 aromatic rings. The number of benzene rings is 1. The number of hydrogen-bond acceptors (Lipinski definition) is 4. The Hall–Kier alpha value is -1.90. The molecule has 5 nitrogen and oxygen atoms in total. The molecule has 1 aromatic carbocycles. The van der Waals surface area contributed by atoms with Crippen LogP contribution in [0.15, 0.2) is 22.7 Å². The molecule has 0 aliphatic heterocycles. The lowest BCUT2D eigenvalue weighted by atomic mass is 10.1. The highest BCUT2D eigenvalue weighted by Gasteiger charge is 2.32. The van der Waals surface area contributed by atoms with Crippen LogP contribution in [0.25, 0.3) is 0 Å². The maximum atomic E-state index is 12.0. The van der Waals surface area contributed by atoms with Gasteiger partial charge >= 0.3 is 18.1 Å². The molecule has 0 spiro atoms. The highest BCUT2D eigenvalue weighted by Crippen LogP contribution is 2.27. The lowest BCUT2D eigenvalue weighted by molar-refractivity contribution is -0.274. The molecule has 1 rings (SSSR count). The van der Waals surface area contributed by atoms with Crippen LogP contribution in [0.2, 0.25) is 0 Å². The van der Waals surface area contributed by atoms with E-state index in [1.807, 2.05) is 0 Å². The molecule has 0 aliphatic carbocycles. The van der Waals surface area contributed by atoms with E-state index in [0.29, 0.717) is 6.07 Å². The Kier molecular flexibility index (Phi) is 4.30. The molecular weight excluding hydrogens is 337 g/mol. The Morgan fingerprint density at radius 3 is 2.26 bits per heavy atom. The van der Waals surface area contributed by atoms with E-state index < -0.39 is 35.2 Å². The van der Waals surface area contributed by atoms with Gasteiger partial charge in [-0.2, -0.15) is 0 Å². The van der Waals surface area contributed by atoms with Gasteiger partial charge in [0, 0.05) is 10.0 Å². The van der Waals surface area contributed by atoms with Gasteiger partial charge in [-0.15, -0.1) is 13.2 Å². The van der Waals surface area contributed by atoms with Crippen LogP contribution < -0.4 is 4.74 Å². The first-order valence-corrected chi connectivity index (χ1v) is 5.28. The van der Waals surface area contributed by atoms with Crippen molar-refractivity contribution in [3.8, 4) is 5.75 Å². The summed E-state index contributed by atoms with van der Waals surface area (Å²) in [6.07, 6.45) is -4.97. The van der Waals surface area contributed by atoms with Crippen LogP contribution in [0.3, 0.4) is 0 Å². The Balaban J connectivity index is 3.14. The van der Waals surface area contributed by atoms with Crippen molar-refractivity contribution in [1.29, 1.82) is 0 Å². The SMILES string of the molecule is O=C(O)C(=O)C(=O)c1cc(OC(F)(F)F)ccc1Br. The monoisotopic (exact) mass is 340 g/mol. The van der Waals surface area contributed by atoms with Crippen molar-refractivity contribution in [1.82, 2.24) is 0 Å². The summed E-state index contributed by atoms with van der Waals surface area (Å²) in [5.41, 5.74) is -0.533. The number of halogens is 4. The first kappa shape index (κ1) is 15.2. The van der Waals surface area contributed by atoms with Crippen molar-refractivity contribution in [2.24, 2.45) is 0 Å². The fourth-order valence-electron chi connectivity index (χ4n) is 1.09. The van der Waals surface area contributed by atoms with Crippen molar-refractivity contribution >= 4 is 33.5 Å². The molecule has 0 bridgehead atoms. The number of ketones is 2. The molecule has 0 amide bonds. The molecular formula is C10H4BrF3O5. The van der Waals surface area contributed by atoms with Crippen molar-refractivity contribution in [2.45, 2.75) is 6.36 Å². The minimum absolute atomic E-state index is 0.0263. The molecule has 0 heterocycles. The normalized spacial score (nSPS) is 10.9. The van der Waals surface area contributed by atoms with E-state index in [-0.39, 0.29) is 4.47 Å². The largest absolute Gasteiger partial charge is 0.573 e. The van der Waals surface area contributed by atoms with E-state index in [1.54, 1.807) is 0 Å². The van der Waals surface area contributed by atoms with Gasteiger partial charge in [0.15, 0.2) is 0 Å². The van der Waals surface area contributed by atoms with E-state index in [0.717, 1.165) is 12.1 Å². The summed E-state index contributed by atoms with van der Waals surface area (Å²) >= 11 is 2.83. The van der Waals surface area contributed by atoms with Crippen molar-refractivity contribution in [3.05, 3.63) is 28.2 Å². The number of aliphatic carboxylic acids is 1. The minimum Gasteiger partial charge on any atom is -0.475 e. The van der Waals surface area contributed by atoms with Crippen LogP contribution in [-0.4, -0.2) is 29.0 Å². The molecule has 0 fully saturated rings. The number of carbonyl (C=O) groups excluding carboxylic acids is 2. The van der Waals surface area contributed by atoms with Crippen LogP contribution in [0.4, 0.5) is 13.2 Å². The number of ether oxygens (including phenoxy) is 1. The average molecular weight is 341 g/mol. The molecule has 0 aromatic heterocycles. The quantitative estimate of drug-likeness (QED) is 0.516. The summed E-state index contributed by atoms with van der Waals surface area (Å²) in [4.78, 5) is 32.7. The number of hydrogen-bond donors (Lipinski definition) is 1. The smallest absolute Gasteiger partial charge is 0.475 e. The first-order valence-electron chi connectivity index (χ1n) is 4.49. The Labute approximate surface area is 112 Å². The van der Waals surface area contributed by atoms with Gasteiger partial charge in [-0.1, -0.05) is 15.9 Å². The van der Waals surface area contributed by atoms with Crippen molar-refractivity contribution in [3.63, 3.8) is 0 Å². The fourth-order valence-corrected chi connectivity index (χ4v) is 1.52. The molecule has 102 valence electrons. The van der Waals surface area contributed by atoms with E-state index in [1.165, 1.54) is 0 Å². The Morgan fingerprint density at radius 2 is 1.79 bits per heavy atom. The second kappa shape index (κ2) is 5.39. The van der Waals surface area contributed by atoms with Crippen LogP contribution in [0.1, 0.15) is 10.4 Å². The fraction of sp³-hybridized carbons (Fsp3) is 0.100. The van der Waals surface area contributed by atoms with Gasteiger partial charge in [0.25, 0.3) is 0 Å². The molecule has 0 saturated heterocycles. The summed E-state index contributed by atoms with van der Waals surface area (Å²) in [5.74, 6) is -5.95. The summed E-state index contributed by atoms with van der Waals surface area (Å²) in [6.45, 7) is 0. The van der Waals surface area contributed by atoms with Gasteiger partial charge in [-0.25, -0.2) is 4.79 Å². The third-order valence-corrected chi connectivity index (χ3v) is 2.51. The number of carbonyl (C=O) groups is 3. The summed E-state index contributed by atoms with van der Waals surface area (Å²) in [5, 5.41) is 8.36. The second-order valence-corrected chi connectivity index (χ2v) is 4.01. The predicted molar refractivity (Wildman–Crippen MR) is 57.8 cm³/mol. The second-order valence-electron chi connectivity index (χ2n) is 3.15. The predicted octanol–water partition coefficient (Wildman–Crippen LogP) is 2.18. The van der Waals surface area contributed by atoms with Gasteiger partial charge in [0.2, 0.25) is 5.78 Å².